The molecule has 0 saturated carbocycles. The van der Waals surface area contributed by atoms with Gasteiger partial charge in [0.25, 0.3) is 0 Å². The molecule has 0 aromatic heterocycles. The molecule has 0 fully saturated rings. The molecule has 1 aromatic carbocycles. The number of rotatable bonds is 5. The number of halogens is 1. The summed E-state index contributed by atoms with van der Waals surface area (Å²) in [5.41, 5.74) is 1.27. The van der Waals surface area contributed by atoms with Crippen LogP contribution in [0.25, 0.3) is 0 Å². The van der Waals surface area contributed by atoms with E-state index in [-0.39, 0.29) is 12.6 Å². The fraction of sp³-hybridized carbons (Fsp3) is 0.364. The maximum Gasteiger partial charge on any atom is 0.339 e. The molecular weight excluding hydrogens is 335 g/mol. The SMILES string of the molecule is O=C(OCCC[SiH3])c1cc(CO)ccc1I. The Morgan fingerprint density at radius 1 is 1.50 bits per heavy atom. The number of carbonyl (C=O) groups is 1. The first kappa shape index (κ1) is 13.7. The molecule has 0 atom stereocenters. The predicted molar refractivity (Wildman–Crippen MR) is 74.7 cm³/mol. The summed E-state index contributed by atoms with van der Waals surface area (Å²) in [4.78, 5) is 11.7. The number of esters is 1. The van der Waals surface area contributed by atoms with Gasteiger partial charge in [-0.1, -0.05) is 12.1 Å². The first-order valence-corrected chi connectivity index (χ1v) is 7.74. The summed E-state index contributed by atoms with van der Waals surface area (Å²) in [6.07, 6.45) is 0.939. The van der Waals surface area contributed by atoms with Crippen molar-refractivity contribution in [3.05, 3.63) is 32.9 Å². The average molecular weight is 350 g/mol. The fourth-order valence-corrected chi connectivity index (χ4v) is 2.06. The Balaban J connectivity index is 2.73. The summed E-state index contributed by atoms with van der Waals surface area (Å²) in [7, 11) is 1.14. The van der Waals surface area contributed by atoms with Crippen LogP contribution in [0.15, 0.2) is 18.2 Å². The van der Waals surface area contributed by atoms with Gasteiger partial charge < -0.3 is 9.84 Å². The zero-order valence-electron chi connectivity index (χ0n) is 9.20. The normalized spacial score (nSPS) is 10.4. The van der Waals surface area contributed by atoms with Crippen molar-refractivity contribution in [1.82, 2.24) is 0 Å². The number of hydrogen-bond acceptors (Lipinski definition) is 3. The van der Waals surface area contributed by atoms with Crippen molar-refractivity contribution in [2.75, 3.05) is 6.61 Å². The van der Waals surface area contributed by atoms with Gasteiger partial charge in [0.2, 0.25) is 0 Å². The van der Waals surface area contributed by atoms with E-state index < -0.39 is 0 Å². The molecule has 1 N–H and O–H groups in total. The van der Waals surface area contributed by atoms with E-state index >= 15 is 0 Å². The van der Waals surface area contributed by atoms with E-state index in [0.717, 1.165) is 31.8 Å². The summed E-state index contributed by atoms with van der Waals surface area (Å²) >= 11 is 2.09. The summed E-state index contributed by atoms with van der Waals surface area (Å²) in [6.45, 7) is 0.430. The lowest BCUT2D eigenvalue weighted by molar-refractivity contribution is 0.0504. The Labute approximate surface area is 112 Å². The van der Waals surface area contributed by atoms with Gasteiger partial charge >= 0.3 is 5.97 Å². The van der Waals surface area contributed by atoms with Gasteiger partial charge in [0.15, 0.2) is 0 Å². The highest BCUT2D eigenvalue weighted by molar-refractivity contribution is 14.1. The van der Waals surface area contributed by atoms with Gasteiger partial charge in [-0.25, -0.2) is 4.79 Å². The first-order valence-electron chi connectivity index (χ1n) is 5.25. The average Bonchev–Trinajstić information content (AvgIpc) is 2.30. The molecule has 0 heterocycles. The highest BCUT2D eigenvalue weighted by atomic mass is 127. The standard InChI is InChI=1S/C11H15IO3Si/c12-10-3-2-8(7-13)6-9(10)11(14)15-4-1-5-16/h2-3,6,13H,1,4-5,7H2,16H3. The molecular formula is C11H15IO3Si. The minimum atomic E-state index is -0.296. The monoisotopic (exact) mass is 350 g/mol. The highest BCUT2D eigenvalue weighted by Crippen LogP contribution is 2.16. The Hall–Kier alpha value is -0.403. The summed E-state index contributed by atoms with van der Waals surface area (Å²) in [6, 6.07) is 6.44. The first-order chi connectivity index (χ1) is 7.69. The van der Waals surface area contributed by atoms with Crippen LogP contribution in [0.5, 0.6) is 0 Å². The summed E-state index contributed by atoms with van der Waals surface area (Å²) in [5.74, 6) is -0.296. The zero-order chi connectivity index (χ0) is 12.0. The molecule has 16 heavy (non-hydrogen) atoms. The van der Waals surface area contributed by atoms with Crippen LogP contribution in [-0.4, -0.2) is 27.9 Å². The highest BCUT2D eigenvalue weighted by Gasteiger charge is 2.11. The molecule has 0 saturated heterocycles. The lowest BCUT2D eigenvalue weighted by atomic mass is 10.1. The minimum Gasteiger partial charge on any atom is -0.462 e. The largest absolute Gasteiger partial charge is 0.462 e. The van der Waals surface area contributed by atoms with Gasteiger partial charge in [-0.05, 0) is 46.7 Å². The van der Waals surface area contributed by atoms with Gasteiger partial charge in [0.05, 0.1) is 18.8 Å². The second-order valence-corrected chi connectivity index (χ2v) is 5.62. The topological polar surface area (TPSA) is 46.5 Å². The molecule has 0 aliphatic heterocycles. The van der Waals surface area contributed by atoms with E-state index in [2.05, 4.69) is 22.6 Å². The summed E-state index contributed by atoms with van der Waals surface area (Å²) < 4.78 is 6.00. The molecule has 0 aliphatic rings. The van der Waals surface area contributed by atoms with Crippen LogP contribution in [0.2, 0.25) is 6.04 Å². The Morgan fingerprint density at radius 3 is 2.88 bits per heavy atom. The number of aliphatic hydroxyl groups excluding tert-OH is 1. The third-order valence-electron chi connectivity index (χ3n) is 2.16. The van der Waals surface area contributed by atoms with Crippen molar-refractivity contribution in [2.45, 2.75) is 19.1 Å². The molecule has 0 spiro atoms. The second kappa shape index (κ2) is 7.03. The molecule has 0 radical (unpaired) electrons. The van der Waals surface area contributed by atoms with Crippen molar-refractivity contribution >= 4 is 38.8 Å². The smallest absolute Gasteiger partial charge is 0.339 e. The van der Waals surface area contributed by atoms with Crippen LogP contribution in [0, 0.1) is 3.57 Å². The van der Waals surface area contributed by atoms with Gasteiger partial charge in [-0.15, -0.1) is 0 Å². The Morgan fingerprint density at radius 2 is 2.25 bits per heavy atom. The van der Waals surface area contributed by atoms with Crippen LogP contribution in [-0.2, 0) is 11.3 Å². The van der Waals surface area contributed by atoms with Gasteiger partial charge in [-0.2, -0.15) is 0 Å². The maximum atomic E-state index is 11.7. The minimum absolute atomic E-state index is 0.0578. The van der Waals surface area contributed by atoms with Crippen molar-refractivity contribution in [3.63, 3.8) is 0 Å². The van der Waals surface area contributed by atoms with Gasteiger partial charge in [-0.3, -0.25) is 0 Å². The van der Waals surface area contributed by atoms with E-state index in [0.29, 0.717) is 12.2 Å². The van der Waals surface area contributed by atoms with Crippen LogP contribution >= 0.6 is 22.6 Å². The molecule has 1 rings (SSSR count). The molecule has 0 bridgehead atoms. The molecule has 88 valence electrons. The lowest BCUT2D eigenvalue weighted by Crippen LogP contribution is -2.08. The van der Waals surface area contributed by atoms with Crippen molar-refractivity contribution in [3.8, 4) is 0 Å². The van der Waals surface area contributed by atoms with Crippen LogP contribution in [0.1, 0.15) is 22.3 Å². The van der Waals surface area contributed by atoms with Crippen LogP contribution < -0.4 is 0 Å². The van der Waals surface area contributed by atoms with E-state index in [1.54, 1.807) is 12.1 Å². The van der Waals surface area contributed by atoms with Gasteiger partial charge in [0.1, 0.15) is 0 Å². The predicted octanol–water partition coefficient (Wildman–Crippen LogP) is 1.11. The second-order valence-electron chi connectivity index (χ2n) is 3.46. The Bertz CT molecular complexity index is 368. The maximum absolute atomic E-state index is 11.7. The van der Waals surface area contributed by atoms with E-state index in [1.807, 2.05) is 6.07 Å². The molecule has 1 aromatic rings. The zero-order valence-corrected chi connectivity index (χ0v) is 13.4. The third kappa shape index (κ3) is 3.87. The fourth-order valence-electron chi connectivity index (χ4n) is 1.21. The number of aliphatic hydroxyl groups is 1. The van der Waals surface area contributed by atoms with Gasteiger partial charge in [0, 0.05) is 13.8 Å². The van der Waals surface area contributed by atoms with Crippen LogP contribution in [0.4, 0.5) is 0 Å². The molecule has 0 amide bonds. The third-order valence-corrected chi connectivity index (χ3v) is 3.81. The number of carbonyl (C=O) groups excluding carboxylic acids is 1. The molecule has 0 aliphatic carbocycles. The Kier molecular flexibility index (Phi) is 6.00. The van der Waals surface area contributed by atoms with E-state index in [1.165, 1.54) is 0 Å². The molecule has 0 unspecified atom stereocenters. The quantitative estimate of drug-likeness (QED) is 0.375. The van der Waals surface area contributed by atoms with Crippen LogP contribution in [0.3, 0.4) is 0 Å². The van der Waals surface area contributed by atoms with Crippen molar-refractivity contribution in [1.29, 1.82) is 0 Å². The number of benzene rings is 1. The van der Waals surface area contributed by atoms with Crippen molar-refractivity contribution in [2.24, 2.45) is 0 Å². The van der Waals surface area contributed by atoms with E-state index in [9.17, 15) is 4.79 Å². The molecule has 5 heteroatoms. The summed E-state index contributed by atoms with van der Waals surface area (Å²) in [5, 5.41) is 9.00. The number of hydrogen-bond donors (Lipinski definition) is 1. The number of ether oxygens (including phenoxy) is 1. The molecule has 3 nitrogen and oxygen atoms in total. The van der Waals surface area contributed by atoms with Crippen molar-refractivity contribution < 1.29 is 14.6 Å². The van der Waals surface area contributed by atoms with E-state index in [4.69, 9.17) is 9.84 Å². The lowest BCUT2D eigenvalue weighted by Gasteiger charge is -2.07.